The van der Waals surface area contributed by atoms with Crippen LogP contribution in [0.25, 0.3) is 0 Å². The molecule has 2 heterocycles. The van der Waals surface area contributed by atoms with Crippen LogP contribution in [0.3, 0.4) is 0 Å². The highest BCUT2D eigenvalue weighted by atomic mass is 35.5. The van der Waals surface area contributed by atoms with Gasteiger partial charge in [0.25, 0.3) is 10.0 Å². The van der Waals surface area contributed by atoms with Gasteiger partial charge in [0.1, 0.15) is 4.21 Å². The van der Waals surface area contributed by atoms with Crippen molar-refractivity contribution in [2.24, 2.45) is 5.92 Å². The molecule has 0 unspecified atom stereocenters. The Kier molecular flexibility index (Phi) is 6.02. The molecule has 1 aromatic heterocycles. The van der Waals surface area contributed by atoms with Crippen molar-refractivity contribution in [3.05, 3.63) is 52.4 Å². The zero-order valence-electron chi connectivity index (χ0n) is 14.5. The maximum Gasteiger partial charge on any atom is 0.252 e. The number of benzene rings is 1. The van der Waals surface area contributed by atoms with Crippen molar-refractivity contribution in [1.29, 1.82) is 0 Å². The number of sulfonamides is 1. The lowest BCUT2D eigenvalue weighted by Gasteiger charge is -2.32. The van der Waals surface area contributed by atoms with E-state index in [4.69, 9.17) is 11.6 Å². The largest absolute Gasteiger partial charge is 0.341 e. The Morgan fingerprint density at radius 2 is 1.88 bits per heavy atom. The average Bonchev–Trinajstić information content (AvgIpc) is 3.18. The minimum atomic E-state index is -3.43. The summed E-state index contributed by atoms with van der Waals surface area (Å²) in [4.78, 5) is 14.4. The van der Waals surface area contributed by atoms with Gasteiger partial charge in [-0.05, 0) is 42.0 Å². The van der Waals surface area contributed by atoms with E-state index in [1.165, 1.54) is 15.6 Å². The molecule has 0 bridgehead atoms. The highest BCUT2D eigenvalue weighted by Crippen LogP contribution is 2.27. The van der Waals surface area contributed by atoms with Crippen LogP contribution >= 0.6 is 22.9 Å². The fourth-order valence-electron chi connectivity index (χ4n) is 3.13. The molecular weight excluding hydrogens is 392 g/mol. The molecular formula is C18H21ClN2O3S2. The van der Waals surface area contributed by atoms with Gasteiger partial charge in [-0.1, -0.05) is 29.8 Å². The minimum absolute atomic E-state index is 0.0631. The van der Waals surface area contributed by atoms with Crippen LogP contribution in [-0.4, -0.2) is 43.7 Å². The van der Waals surface area contributed by atoms with Crippen LogP contribution in [0.2, 0.25) is 5.02 Å². The Bertz CT molecular complexity index is 843. The van der Waals surface area contributed by atoms with Crippen LogP contribution in [-0.2, 0) is 21.4 Å². The average molecular weight is 413 g/mol. The highest BCUT2D eigenvalue weighted by Gasteiger charge is 2.33. The first-order chi connectivity index (χ1) is 12.4. The third-order valence-corrected chi connectivity index (χ3v) is 8.13. The van der Waals surface area contributed by atoms with Gasteiger partial charge in [0.05, 0.1) is 0 Å². The quantitative estimate of drug-likeness (QED) is 0.755. The molecule has 2 aromatic rings. The number of hydrogen-bond donors (Lipinski definition) is 0. The summed E-state index contributed by atoms with van der Waals surface area (Å²) in [6.45, 7) is 1.28. The van der Waals surface area contributed by atoms with Crippen LogP contribution in [0.4, 0.5) is 0 Å². The van der Waals surface area contributed by atoms with E-state index in [2.05, 4.69) is 0 Å². The van der Waals surface area contributed by atoms with Gasteiger partial charge in [-0.2, -0.15) is 4.31 Å². The second-order valence-corrected chi connectivity index (χ2v) is 9.98. The number of rotatable bonds is 5. The van der Waals surface area contributed by atoms with Crippen molar-refractivity contribution < 1.29 is 13.2 Å². The summed E-state index contributed by atoms with van der Waals surface area (Å²) in [5.41, 5.74) is 1.02. The summed E-state index contributed by atoms with van der Waals surface area (Å²) in [7, 11) is -1.64. The number of nitrogens with zero attached hydrogens (tertiary/aromatic N) is 2. The van der Waals surface area contributed by atoms with E-state index in [0.29, 0.717) is 41.7 Å². The van der Waals surface area contributed by atoms with Gasteiger partial charge >= 0.3 is 0 Å². The van der Waals surface area contributed by atoms with E-state index < -0.39 is 10.0 Å². The summed E-state index contributed by atoms with van der Waals surface area (Å²) >= 11 is 7.11. The SMILES string of the molecule is CN(Cc1ccc(Cl)cc1)C(=O)C1CCN(S(=O)(=O)c2cccs2)CC1. The molecule has 26 heavy (non-hydrogen) atoms. The minimum Gasteiger partial charge on any atom is -0.341 e. The smallest absolute Gasteiger partial charge is 0.252 e. The zero-order chi connectivity index (χ0) is 18.7. The summed E-state index contributed by atoms with van der Waals surface area (Å²) in [5, 5.41) is 2.43. The van der Waals surface area contributed by atoms with Gasteiger partial charge in [-0.15, -0.1) is 11.3 Å². The molecule has 1 aromatic carbocycles. The molecule has 5 nitrogen and oxygen atoms in total. The molecule has 0 aliphatic carbocycles. The number of thiophene rings is 1. The molecule has 1 aliphatic rings. The van der Waals surface area contributed by atoms with E-state index >= 15 is 0 Å². The highest BCUT2D eigenvalue weighted by molar-refractivity contribution is 7.91. The van der Waals surface area contributed by atoms with Crippen molar-refractivity contribution in [2.45, 2.75) is 23.6 Å². The predicted molar refractivity (Wildman–Crippen MR) is 104 cm³/mol. The fraction of sp³-hybridized carbons (Fsp3) is 0.389. The zero-order valence-corrected chi connectivity index (χ0v) is 16.9. The molecule has 0 radical (unpaired) electrons. The lowest BCUT2D eigenvalue weighted by atomic mass is 9.96. The second-order valence-electron chi connectivity index (χ2n) is 6.43. The number of carbonyl (C=O) groups is 1. The van der Waals surface area contributed by atoms with Gasteiger partial charge in [0.15, 0.2) is 0 Å². The van der Waals surface area contributed by atoms with E-state index in [0.717, 1.165) is 5.56 Å². The fourth-order valence-corrected chi connectivity index (χ4v) is 5.87. The van der Waals surface area contributed by atoms with E-state index in [1.807, 2.05) is 24.3 Å². The molecule has 0 spiro atoms. The Hall–Kier alpha value is -1.41. The van der Waals surface area contributed by atoms with Crippen LogP contribution < -0.4 is 0 Å². The molecule has 3 rings (SSSR count). The maximum atomic E-state index is 12.7. The topological polar surface area (TPSA) is 57.7 Å². The molecule has 0 atom stereocenters. The van der Waals surface area contributed by atoms with E-state index in [9.17, 15) is 13.2 Å². The molecule has 0 saturated carbocycles. The molecule has 1 fully saturated rings. The number of amides is 1. The molecule has 0 N–H and O–H groups in total. The monoisotopic (exact) mass is 412 g/mol. The lowest BCUT2D eigenvalue weighted by molar-refractivity contribution is -0.135. The molecule has 1 amide bonds. The molecule has 8 heteroatoms. The number of hydrogen-bond acceptors (Lipinski definition) is 4. The van der Waals surface area contributed by atoms with Crippen molar-refractivity contribution >= 4 is 38.9 Å². The van der Waals surface area contributed by atoms with Crippen molar-refractivity contribution in [3.8, 4) is 0 Å². The first-order valence-corrected chi connectivity index (χ1v) is 11.1. The van der Waals surface area contributed by atoms with E-state index in [-0.39, 0.29) is 11.8 Å². The Labute approximate surface area is 163 Å². The Morgan fingerprint density at radius 1 is 1.23 bits per heavy atom. The van der Waals surface area contributed by atoms with Gasteiger partial charge in [0, 0.05) is 37.6 Å². The Balaban J connectivity index is 1.57. The summed E-state index contributed by atoms with van der Waals surface area (Å²) in [6.07, 6.45) is 1.10. The van der Waals surface area contributed by atoms with Gasteiger partial charge < -0.3 is 4.90 Å². The van der Waals surface area contributed by atoms with Gasteiger partial charge in [-0.3, -0.25) is 4.79 Å². The van der Waals surface area contributed by atoms with Crippen molar-refractivity contribution in [3.63, 3.8) is 0 Å². The molecule has 140 valence electrons. The first kappa shape index (κ1) is 19.4. The second kappa shape index (κ2) is 8.08. The number of piperidine rings is 1. The molecule has 1 aliphatic heterocycles. The van der Waals surface area contributed by atoms with Crippen LogP contribution in [0, 0.1) is 5.92 Å². The third-order valence-electron chi connectivity index (χ3n) is 4.60. The van der Waals surface area contributed by atoms with Crippen molar-refractivity contribution in [2.75, 3.05) is 20.1 Å². The Morgan fingerprint density at radius 3 is 2.46 bits per heavy atom. The summed E-state index contributed by atoms with van der Waals surface area (Å²) < 4.78 is 27.0. The maximum absolute atomic E-state index is 12.7. The number of carbonyl (C=O) groups excluding carboxylic acids is 1. The summed E-state index contributed by atoms with van der Waals surface area (Å²) in [5.74, 6) is -0.0739. The van der Waals surface area contributed by atoms with Crippen LogP contribution in [0.1, 0.15) is 18.4 Å². The van der Waals surface area contributed by atoms with Gasteiger partial charge in [-0.25, -0.2) is 8.42 Å². The van der Waals surface area contributed by atoms with Crippen molar-refractivity contribution in [1.82, 2.24) is 9.21 Å². The summed E-state index contributed by atoms with van der Waals surface area (Å²) in [6, 6.07) is 10.8. The van der Waals surface area contributed by atoms with Crippen LogP contribution in [0.15, 0.2) is 46.0 Å². The first-order valence-electron chi connectivity index (χ1n) is 8.41. The number of halogens is 1. The molecule has 1 saturated heterocycles. The lowest BCUT2D eigenvalue weighted by Crippen LogP contribution is -2.43. The van der Waals surface area contributed by atoms with E-state index in [1.54, 1.807) is 29.5 Å². The standard InChI is InChI=1S/C18H21ClN2O3S2/c1-20(13-14-4-6-16(19)7-5-14)18(22)15-8-10-21(11-9-15)26(23,24)17-3-2-12-25-17/h2-7,12,15H,8-11,13H2,1H3. The predicted octanol–water partition coefficient (Wildman–Crippen LogP) is 3.46. The van der Waals surface area contributed by atoms with Crippen LogP contribution in [0.5, 0.6) is 0 Å². The normalized spacial score (nSPS) is 16.5. The van der Waals surface area contributed by atoms with Gasteiger partial charge in [0.2, 0.25) is 5.91 Å². The third kappa shape index (κ3) is 4.28.